The van der Waals surface area contributed by atoms with Gasteiger partial charge in [0.25, 0.3) is 0 Å². The molecule has 2 aliphatic heterocycles. The molecule has 114 valence electrons. The summed E-state index contributed by atoms with van der Waals surface area (Å²) >= 11 is 0. The fourth-order valence-corrected chi connectivity index (χ4v) is 2.60. The van der Waals surface area contributed by atoms with Gasteiger partial charge in [0.2, 0.25) is 0 Å². The number of amides is 1. The number of ether oxygens (including phenoxy) is 3. The molecule has 2 aliphatic rings. The predicted molar refractivity (Wildman–Crippen MR) is 74.5 cm³/mol. The summed E-state index contributed by atoms with van der Waals surface area (Å²) in [5, 5.41) is 12.7. The third-order valence-electron chi connectivity index (χ3n) is 3.60. The highest BCUT2D eigenvalue weighted by molar-refractivity contribution is 5.69. The van der Waals surface area contributed by atoms with Gasteiger partial charge in [-0.05, 0) is 26.0 Å². The Morgan fingerprint density at radius 2 is 2.29 bits per heavy atom. The van der Waals surface area contributed by atoms with Crippen molar-refractivity contribution in [3.8, 4) is 11.5 Å². The summed E-state index contributed by atoms with van der Waals surface area (Å²) in [6.07, 6.45) is -0.666. The number of benzene rings is 1. The first kappa shape index (κ1) is 14.0. The highest BCUT2D eigenvalue weighted by atomic mass is 16.6. The molecule has 0 radical (unpaired) electrons. The average molecular weight is 293 g/mol. The lowest BCUT2D eigenvalue weighted by molar-refractivity contribution is 0.0111. The van der Waals surface area contributed by atoms with Crippen LogP contribution in [0.25, 0.3) is 0 Å². The molecule has 1 saturated heterocycles. The molecule has 2 N–H and O–H groups in total. The maximum absolute atomic E-state index is 10.9. The van der Waals surface area contributed by atoms with Gasteiger partial charge in [0, 0.05) is 18.1 Å². The molecule has 0 aromatic heterocycles. The molecule has 1 aromatic rings. The topological polar surface area (TPSA) is 77.0 Å². The fourth-order valence-electron chi connectivity index (χ4n) is 2.60. The Morgan fingerprint density at radius 1 is 1.48 bits per heavy atom. The summed E-state index contributed by atoms with van der Waals surface area (Å²) in [7, 11) is 0. The number of cyclic esters (lactones) is 1. The first-order chi connectivity index (χ1) is 9.93. The highest BCUT2D eigenvalue weighted by Crippen LogP contribution is 2.41. The normalized spacial score (nSPS) is 26.3. The Labute approximate surface area is 123 Å². The molecule has 0 spiro atoms. The van der Waals surface area contributed by atoms with Crippen LogP contribution < -0.4 is 14.8 Å². The molecule has 6 heteroatoms. The zero-order valence-corrected chi connectivity index (χ0v) is 12.1. The second-order valence-electron chi connectivity index (χ2n) is 6.00. The van der Waals surface area contributed by atoms with Crippen molar-refractivity contribution in [3.05, 3.63) is 23.8 Å². The van der Waals surface area contributed by atoms with Crippen molar-refractivity contribution in [1.82, 2.24) is 5.32 Å². The van der Waals surface area contributed by atoms with E-state index in [-0.39, 0.29) is 12.7 Å². The van der Waals surface area contributed by atoms with Gasteiger partial charge in [-0.2, -0.15) is 0 Å². The number of carbonyl (C=O) groups is 1. The first-order valence-electron chi connectivity index (χ1n) is 7.01. The van der Waals surface area contributed by atoms with Gasteiger partial charge in [0.15, 0.2) is 6.10 Å². The highest BCUT2D eigenvalue weighted by Gasteiger charge is 2.33. The largest absolute Gasteiger partial charge is 0.490 e. The molecule has 1 amide bonds. The quantitative estimate of drug-likeness (QED) is 0.888. The second kappa shape index (κ2) is 5.11. The summed E-state index contributed by atoms with van der Waals surface area (Å²) in [6, 6.07) is 5.36. The maximum atomic E-state index is 10.9. The van der Waals surface area contributed by atoms with Crippen molar-refractivity contribution in [2.75, 3.05) is 13.2 Å². The molecule has 2 unspecified atom stereocenters. The summed E-state index contributed by atoms with van der Waals surface area (Å²) in [5.74, 6) is 1.26. The minimum absolute atomic E-state index is 0.281. The predicted octanol–water partition coefficient (Wildman–Crippen LogP) is 1.77. The van der Waals surface area contributed by atoms with Crippen LogP contribution in [0.3, 0.4) is 0 Å². The summed E-state index contributed by atoms with van der Waals surface area (Å²) < 4.78 is 16.5. The van der Waals surface area contributed by atoms with Gasteiger partial charge in [-0.1, -0.05) is 0 Å². The Hall–Kier alpha value is -1.95. The molecule has 1 aromatic carbocycles. The molecular weight excluding hydrogens is 274 g/mol. The van der Waals surface area contributed by atoms with E-state index in [2.05, 4.69) is 5.32 Å². The van der Waals surface area contributed by atoms with Crippen LogP contribution in [0.5, 0.6) is 11.5 Å². The van der Waals surface area contributed by atoms with Crippen LogP contribution in [-0.4, -0.2) is 36.1 Å². The van der Waals surface area contributed by atoms with Crippen molar-refractivity contribution in [2.45, 2.75) is 38.1 Å². The third kappa shape index (κ3) is 3.05. The van der Waals surface area contributed by atoms with Gasteiger partial charge >= 0.3 is 6.09 Å². The monoisotopic (exact) mass is 293 g/mol. The third-order valence-corrected chi connectivity index (χ3v) is 3.60. The molecule has 0 saturated carbocycles. The number of fused-ring (bicyclic) bond motifs is 1. The van der Waals surface area contributed by atoms with Crippen LogP contribution >= 0.6 is 0 Å². The Bertz CT molecular complexity index is 557. The standard InChI is InChI=1S/C15H19NO5/c1-15(2)6-12(17)11-4-3-9(5-13(11)21-15)19-8-10-7-16-14(18)20-10/h3-5,10,12,17H,6-8H2,1-2H3,(H,16,18). The number of aliphatic hydroxyl groups is 1. The van der Waals surface area contributed by atoms with Crippen molar-refractivity contribution >= 4 is 6.09 Å². The van der Waals surface area contributed by atoms with Gasteiger partial charge in [0.1, 0.15) is 23.7 Å². The summed E-state index contributed by atoms with van der Waals surface area (Å²) in [4.78, 5) is 10.9. The molecule has 2 heterocycles. The van der Waals surface area contributed by atoms with Gasteiger partial charge in [-0.15, -0.1) is 0 Å². The van der Waals surface area contributed by atoms with Crippen molar-refractivity contribution in [1.29, 1.82) is 0 Å². The van der Waals surface area contributed by atoms with Crippen molar-refractivity contribution in [3.63, 3.8) is 0 Å². The van der Waals surface area contributed by atoms with Gasteiger partial charge in [0.05, 0.1) is 12.6 Å². The molecule has 21 heavy (non-hydrogen) atoms. The Kier molecular flexibility index (Phi) is 3.41. The van der Waals surface area contributed by atoms with E-state index < -0.39 is 17.8 Å². The number of rotatable bonds is 3. The molecule has 0 aliphatic carbocycles. The number of hydrogen-bond donors (Lipinski definition) is 2. The SMILES string of the molecule is CC1(C)CC(O)c2ccc(OCC3CNC(=O)O3)cc2O1. The van der Waals surface area contributed by atoms with Crippen LogP contribution in [0.4, 0.5) is 4.79 Å². The minimum Gasteiger partial charge on any atom is -0.490 e. The molecule has 0 bridgehead atoms. The first-order valence-corrected chi connectivity index (χ1v) is 7.01. The average Bonchev–Trinajstić information content (AvgIpc) is 2.80. The zero-order chi connectivity index (χ0) is 15.0. The van der Waals surface area contributed by atoms with Crippen LogP contribution in [0.1, 0.15) is 31.9 Å². The van der Waals surface area contributed by atoms with Crippen molar-refractivity contribution < 1.29 is 24.1 Å². The van der Waals surface area contributed by atoms with E-state index in [9.17, 15) is 9.90 Å². The van der Waals surface area contributed by atoms with Gasteiger partial charge in [-0.25, -0.2) is 4.79 Å². The molecule has 3 rings (SSSR count). The summed E-state index contributed by atoms with van der Waals surface area (Å²) in [6.45, 7) is 4.61. The Balaban J connectivity index is 1.69. The van der Waals surface area contributed by atoms with Crippen molar-refractivity contribution in [2.24, 2.45) is 0 Å². The lowest BCUT2D eigenvalue weighted by atomic mass is 9.92. The lowest BCUT2D eigenvalue weighted by Crippen LogP contribution is -2.34. The van der Waals surface area contributed by atoms with Crippen LogP contribution in [0.2, 0.25) is 0 Å². The van der Waals surface area contributed by atoms with Gasteiger partial charge in [-0.3, -0.25) is 0 Å². The number of aliphatic hydroxyl groups excluding tert-OH is 1. The number of alkyl carbamates (subject to hydrolysis) is 1. The van der Waals surface area contributed by atoms with E-state index in [0.29, 0.717) is 24.5 Å². The van der Waals surface area contributed by atoms with E-state index in [4.69, 9.17) is 14.2 Å². The van der Waals surface area contributed by atoms with Crippen LogP contribution in [0, 0.1) is 0 Å². The van der Waals surface area contributed by atoms with E-state index in [1.165, 1.54) is 0 Å². The molecule has 6 nitrogen and oxygen atoms in total. The lowest BCUT2D eigenvalue weighted by Gasteiger charge is -2.35. The number of carbonyl (C=O) groups excluding carboxylic acids is 1. The molecule has 2 atom stereocenters. The van der Waals surface area contributed by atoms with E-state index in [1.54, 1.807) is 12.1 Å². The Morgan fingerprint density at radius 3 is 3.00 bits per heavy atom. The smallest absolute Gasteiger partial charge is 0.407 e. The van der Waals surface area contributed by atoms with Crippen LogP contribution in [0.15, 0.2) is 18.2 Å². The van der Waals surface area contributed by atoms with Crippen LogP contribution in [-0.2, 0) is 4.74 Å². The molecule has 1 fully saturated rings. The zero-order valence-electron chi connectivity index (χ0n) is 12.1. The van der Waals surface area contributed by atoms with E-state index in [0.717, 1.165) is 5.56 Å². The van der Waals surface area contributed by atoms with E-state index in [1.807, 2.05) is 19.9 Å². The van der Waals surface area contributed by atoms with Gasteiger partial charge < -0.3 is 24.6 Å². The summed E-state index contributed by atoms with van der Waals surface area (Å²) in [5.41, 5.74) is 0.367. The maximum Gasteiger partial charge on any atom is 0.407 e. The number of nitrogens with one attached hydrogen (secondary N) is 1. The fraction of sp³-hybridized carbons (Fsp3) is 0.533. The molecular formula is C15H19NO5. The van der Waals surface area contributed by atoms with E-state index >= 15 is 0 Å². The number of hydrogen-bond acceptors (Lipinski definition) is 5. The minimum atomic E-state index is -0.530. The second-order valence-corrected chi connectivity index (χ2v) is 6.00.